The van der Waals surface area contributed by atoms with Gasteiger partial charge in [-0.2, -0.15) is 0 Å². The first-order chi connectivity index (χ1) is 7.16. The molecule has 2 heterocycles. The summed E-state index contributed by atoms with van der Waals surface area (Å²) in [4.78, 5) is 24.5. The first kappa shape index (κ1) is 10.6. The van der Waals surface area contributed by atoms with Crippen LogP contribution in [-0.4, -0.2) is 41.8 Å². The molecule has 2 saturated heterocycles. The number of hydrogen-bond acceptors (Lipinski definition) is 3. The first-order valence-electron chi connectivity index (χ1n) is 5.68. The molecule has 84 valence electrons. The van der Waals surface area contributed by atoms with Crippen LogP contribution in [-0.2, 0) is 9.59 Å². The molecule has 2 aliphatic rings. The van der Waals surface area contributed by atoms with Crippen LogP contribution >= 0.6 is 0 Å². The molecular formula is C11H18N2O2. The van der Waals surface area contributed by atoms with Gasteiger partial charge < -0.3 is 5.32 Å². The van der Waals surface area contributed by atoms with E-state index in [-0.39, 0.29) is 5.91 Å². The van der Waals surface area contributed by atoms with E-state index in [4.69, 9.17) is 0 Å². The van der Waals surface area contributed by atoms with Crippen molar-refractivity contribution in [3.05, 3.63) is 0 Å². The zero-order chi connectivity index (χ0) is 10.8. The van der Waals surface area contributed by atoms with Gasteiger partial charge in [0.1, 0.15) is 5.78 Å². The summed E-state index contributed by atoms with van der Waals surface area (Å²) in [7, 11) is 0. The van der Waals surface area contributed by atoms with E-state index in [1.54, 1.807) is 0 Å². The molecule has 1 amide bonds. The Morgan fingerprint density at radius 2 is 2.00 bits per heavy atom. The second-order valence-corrected chi connectivity index (χ2v) is 4.55. The van der Waals surface area contributed by atoms with Gasteiger partial charge in [0.2, 0.25) is 5.91 Å². The molecule has 4 nitrogen and oxygen atoms in total. The molecule has 4 heteroatoms. The molecule has 0 radical (unpaired) electrons. The fourth-order valence-corrected chi connectivity index (χ4v) is 2.79. The van der Waals surface area contributed by atoms with Gasteiger partial charge in [0.25, 0.3) is 0 Å². The minimum Gasteiger partial charge on any atom is -0.355 e. The van der Waals surface area contributed by atoms with Gasteiger partial charge in [0.15, 0.2) is 0 Å². The van der Waals surface area contributed by atoms with Crippen LogP contribution in [0, 0.1) is 0 Å². The Bertz CT molecular complexity index is 262. The molecule has 0 spiro atoms. The van der Waals surface area contributed by atoms with Crippen LogP contribution in [0.2, 0.25) is 0 Å². The highest BCUT2D eigenvalue weighted by Gasteiger charge is 2.39. The lowest BCUT2D eigenvalue weighted by Gasteiger charge is -2.33. The van der Waals surface area contributed by atoms with Crippen molar-refractivity contribution in [1.29, 1.82) is 0 Å². The number of carbonyl (C=O) groups is 2. The maximum atomic E-state index is 11.4. The maximum absolute atomic E-state index is 11.4. The third-order valence-electron chi connectivity index (χ3n) is 3.44. The van der Waals surface area contributed by atoms with Gasteiger partial charge in [0.05, 0.1) is 0 Å². The minimum atomic E-state index is 0.0235. The molecule has 0 aliphatic carbocycles. The van der Waals surface area contributed by atoms with E-state index in [1.807, 2.05) is 0 Å². The van der Waals surface area contributed by atoms with Gasteiger partial charge in [0, 0.05) is 44.9 Å². The van der Waals surface area contributed by atoms with E-state index in [1.165, 1.54) is 6.92 Å². The van der Waals surface area contributed by atoms with Crippen molar-refractivity contribution in [2.75, 3.05) is 13.1 Å². The number of hydrogen-bond donors (Lipinski definition) is 1. The van der Waals surface area contributed by atoms with Crippen LogP contribution in [0.3, 0.4) is 0 Å². The van der Waals surface area contributed by atoms with Crippen molar-refractivity contribution in [2.24, 2.45) is 0 Å². The lowest BCUT2D eigenvalue weighted by molar-refractivity contribution is -0.124. The standard InChI is InChI=1S/C11H18N2O2/c1-8(14)12-4-5-13-9-2-3-10(13)7-11(15)6-9/h9-10H,2-7H2,1H3,(H,12,14). The number of amides is 1. The van der Waals surface area contributed by atoms with Crippen molar-refractivity contribution in [3.8, 4) is 0 Å². The topological polar surface area (TPSA) is 49.4 Å². The number of nitrogens with one attached hydrogen (secondary N) is 1. The van der Waals surface area contributed by atoms with Gasteiger partial charge in [-0.3, -0.25) is 14.5 Å². The number of carbonyl (C=O) groups excluding carboxylic acids is 2. The van der Waals surface area contributed by atoms with Crippen LogP contribution in [0.4, 0.5) is 0 Å². The van der Waals surface area contributed by atoms with Crippen molar-refractivity contribution < 1.29 is 9.59 Å². The van der Waals surface area contributed by atoms with E-state index < -0.39 is 0 Å². The van der Waals surface area contributed by atoms with Gasteiger partial charge >= 0.3 is 0 Å². The average Bonchev–Trinajstić information content (AvgIpc) is 2.42. The van der Waals surface area contributed by atoms with Crippen LogP contribution in [0.25, 0.3) is 0 Å². The predicted octanol–water partition coefficient (Wildman–Crippen LogP) is 0.318. The normalized spacial score (nSPS) is 30.6. The molecular weight excluding hydrogens is 192 g/mol. The van der Waals surface area contributed by atoms with E-state index >= 15 is 0 Å². The van der Waals surface area contributed by atoms with Crippen molar-refractivity contribution >= 4 is 11.7 Å². The number of Topliss-reactive ketones (excluding diaryl/α,β-unsaturated/α-hetero) is 1. The number of rotatable bonds is 3. The molecule has 2 aliphatic heterocycles. The Labute approximate surface area is 90.0 Å². The van der Waals surface area contributed by atoms with Crippen molar-refractivity contribution in [1.82, 2.24) is 10.2 Å². The third kappa shape index (κ3) is 2.37. The summed E-state index contributed by atoms with van der Waals surface area (Å²) in [5.74, 6) is 0.439. The molecule has 2 unspecified atom stereocenters. The molecule has 0 aromatic heterocycles. The summed E-state index contributed by atoms with van der Waals surface area (Å²) < 4.78 is 0. The third-order valence-corrected chi connectivity index (χ3v) is 3.44. The fraction of sp³-hybridized carbons (Fsp3) is 0.818. The Morgan fingerprint density at radius 1 is 1.40 bits per heavy atom. The highest BCUT2D eigenvalue weighted by Crippen LogP contribution is 2.33. The van der Waals surface area contributed by atoms with Crippen LogP contribution in [0.15, 0.2) is 0 Å². The summed E-state index contributed by atoms with van der Waals surface area (Å²) in [6.07, 6.45) is 3.74. The first-order valence-corrected chi connectivity index (χ1v) is 5.68. The summed E-state index contributed by atoms with van der Waals surface area (Å²) >= 11 is 0. The molecule has 0 aromatic rings. The van der Waals surface area contributed by atoms with E-state index in [9.17, 15) is 9.59 Å². The smallest absolute Gasteiger partial charge is 0.216 e. The summed E-state index contributed by atoms with van der Waals surface area (Å²) in [5, 5.41) is 2.81. The zero-order valence-corrected chi connectivity index (χ0v) is 9.16. The monoisotopic (exact) mass is 210 g/mol. The summed E-state index contributed by atoms with van der Waals surface area (Å²) in [6.45, 7) is 3.13. The Morgan fingerprint density at radius 3 is 2.53 bits per heavy atom. The molecule has 2 rings (SSSR count). The fourth-order valence-electron chi connectivity index (χ4n) is 2.79. The van der Waals surface area contributed by atoms with Crippen molar-refractivity contribution in [2.45, 2.75) is 44.7 Å². The Hall–Kier alpha value is -0.900. The molecule has 0 saturated carbocycles. The summed E-state index contributed by atoms with van der Waals surface area (Å²) in [5.41, 5.74) is 0. The Kier molecular flexibility index (Phi) is 3.05. The Balaban J connectivity index is 1.83. The van der Waals surface area contributed by atoms with Gasteiger partial charge in [-0.05, 0) is 12.8 Å². The molecule has 0 aromatic carbocycles. The lowest BCUT2D eigenvalue weighted by Crippen LogP contribution is -2.46. The van der Waals surface area contributed by atoms with Gasteiger partial charge in [-0.1, -0.05) is 0 Å². The predicted molar refractivity (Wildman–Crippen MR) is 56.4 cm³/mol. The molecule has 2 bridgehead atoms. The van der Waals surface area contributed by atoms with E-state index in [2.05, 4.69) is 10.2 Å². The van der Waals surface area contributed by atoms with Gasteiger partial charge in [-0.25, -0.2) is 0 Å². The molecule has 15 heavy (non-hydrogen) atoms. The van der Waals surface area contributed by atoms with Crippen LogP contribution in [0.5, 0.6) is 0 Å². The molecule has 2 fully saturated rings. The van der Waals surface area contributed by atoms with Crippen LogP contribution < -0.4 is 5.32 Å². The van der Waals surface area contributed by atoms with Crippen LogP contribution in [0.1, 0.15) is 32.6 Å². The second-order valence-electron chi connectivity index (χ2n) is 4.55. The highest BCUT2D eigenvalue weighted by atomic mass is 16.1. The molecule has 1 N–H and O–H groups in total. The number of fused-ring (bicyclic) bond motifs is 2. The highest BCUT2D eigenvalue weighted by molar-refractivity contribution is 5.81. The van der Waals surface area contributed by atoms with Crippen molar-refractivity contribution in [3.63, 3.8) is 0 Å². The summed E-state index contributed by atoms with van der Waals surface area (Å²) in [6, 6.07) is 0.898. The average molecular weight is 210 g/mol. The second kappa shape index (κ2) is 4.31. The maximum Gasteiger partial charge on any atom is 0.216 e. The SMILES string of the molecule is CC(=O)NCCN1C2CCC1CC(=O)C2. The zero-order valence-electron chi connectivity index (χ0n) is 9.16. The number of ketones is 1. The number of nitrogens with zero attached hydrogens (tertiary/aromatic N) is 1. The van der Waals surface area contributed by atoms with E-state index in [0.717, 1.165) is 32.2 Å². The van der Waals surface area contributed by atoms with Gasteiger partial charge in [-0.15, -0.1) is 0 Å². The lowest BCUT2D eigenvalue weighted by atomic mass is 10.0. The minimum absolute atomic E-state index is 0.0235. The number of piperidine rings is 1. The largest absolute Gasteiger partial charge is 0.355 e. The quantitative estimate of drug-likeness (QED) is 0.729. The molecule has 2 atom stereocenters. The van der Waals surface area contributed by atoms with E-state index in [0.29, 0.717) is 24.4 Å².